The maximum Gasteiger partial charge on any atom is 0.290 e. The molecule has 0 saturated carbocycles. The molecular weight excluding hydrogens is 318 g/mol. The van der Waals surface area contributed by atoms with Crippen LogP contribution in [0.25, 0.3) is 0 Å². The molecule has 110 valence electrons. The SMILES string of the molecule is NS(=O)(=O)c1ccc(NC(=O)/C=C2\SC(=O)NC2=O)cc1. The lowest BCUT2D eigenvalue weighted by Gasteiger charge is -2.03. The molecule has 1 aromatic rings. The number of sulfonamides is 1. The maximum absolute atomic E-state index is 11.7. The molecular formula is C11H9N3O5S2. The van der Waals surface area contributed by atoms with Crippen LogP contribution in [0.15, 0.2) is 40.1 Å². The Morgan fingerprint density at radius 2 is 1.86 bits per heavy atom. The van der Waals surface area contributed by atoms with Crippen molar-refractivity contribution in [3.63, 3.8) is 0 Å². The van der Waals surface area contributed by atoms with E-state index in [9.17, 15) is 22.8 Å². The van der Waals surface area contributed by atoms with E-state index in [1.807, 2.05) is 5.32 Å². The third-order valence-corrected chi connectivity index (χ3v) is 4.09. The minimum Gasteiger partial charge on any atom is -0.322 e. The van der Waals surface area contributed by atoms with E-state index in [2.05, 4.69) is 5.32 Å². The molecule has 1 aliphatic rings. The number of benzene rings is 1. The Bertz CT molecular complexity index is 753. The van der Waals surface area contributed by atoms with Gasteiger partial charge in [-0.15, -0.1) is 0 Å². The summed E-state index contributed by atoms with van der Waals surface area (Å²) in [7, 11) is -3.80. The van der Waals surface area contributed by atoms with Crippen molar-refractivity contribution in [1.29, 1.82) is 0 Å². The monoisotopic (exact) mass is 327 g/mol. The van der Waals surface area contributed by atoms with E-state index >= 15 is 0 Å². The van der Waals surface area contributed by atoms with Crippen molar-refractivity contribution in [3.8, 4) is 0 Å². The first-order valence-corrected chi connectivity index (χ1v) is 7.81. The number of nitrogens with two attached hydrogens (primary N) is 1. The third kappa shape index (κ3) is 3.90. The Hall–Kier alpha value is -2.17. The Labute approximate surface area is 123 Å². The lowest BCUT2D eigenvalue weighted by molar-refractivity contribution is -0.116. The van der Waals surface area contributed by atoms with Crippen LogP contribution in [0.3, 0.4) is 0 Å². The topological polar surface area (TPSA) is 135 Å². The van der Waals surface area contributed by atoms with Crippen LogP contribution in [0, 0.1) is 0 Å². The smallest absolute Gasteiger partial charge is 0.290 e. The summed E-state index contributed by atoms with van der Waals surface area (Å²) in [5, 5.41) is 8.84. The number of hydrogen-bond acceptors (Lipinski definition) is 6. The molecule has 8 nitrogen and oxygen atoms in total. The highest BCUT2D eigenvalue weighted by Crippen LogP contribution is 2.23. The summed E-state index contributed by atoms with van der Waals surface area (Å²) in [5.41, 5.74) is 0.319. The van der Waals surface area contributed by atoms with Gasteiger partial charge >= 0.3 is 0 Å². The van der Waals surface area contributed by atoms with Gasteiger partial charge in [0.1, 0.15) is 0 Å². The molecule has 1 aliphatic heterocycles. The van der Waals surface area contributed by atoms with Gasteiger partial charge in [0.25, 0.3) is 11.1 Å². The fraction of sp³-hybridized carbons (Fsp3) is 0. The van der Waals surface area contributed by atoms with E-state index in [1.165, 1.54) is 24.3 Å². The van der Waals surface area contributed by atoms with Crippen LogP contribution in [0.1, 0.15) is 0 Å². The van der Waals surface area contributed by atoms with Gasteiger partial charge in [0.05, 0.1) is 9.80 Å². The summed E-state index contributed by atoms with van der Waals surface area (Å²) in [6, 6.07) is 5.17. The van der Waals surface area contributed by atoms with Crippen LogP contribution in [0.4, 0.5) is 10.5 Å². The third-order valence-electron chi connectivity index (χ3n) is 2.35. The highest BCUT2D eigenvalue weighted by atomic mass is 32.2. The van der Waals surface area contributed by atoms with E-state index in [1.54, 1.807) is 0 Å². The van der Waals surface area contributed by atoms with Gasteiger partial charge in [-0.1, -0.05) is 0 Å². The quantitative estimate of drug-likeness (QED) is 0.676. The number of anilines is 1. The van der Waals surface area contributed by atoms with E-state index in [4.69, 9.17) is 5.14 Å². The molecule has 0 bridgehead atoms. The largest absolute Gasteiger partial charge is 0.322 e. The molecule has 21 heavy (non-hydrogen) atoms. The number of thioether (sulfide) groups is 1. The second-order valence-corrected chi connectivity index (χ2v) is 6.49. The minimum atomic E-state index is -3.80. The van der Waals surface area contributed by atoms with Crippen molar-refractivity contribution in [1.82, 2.24) is 5.32 Å². The average Bonchev–Trinajstić information content (AvgIpc) is 2.67. The van der Waals surface area contributed by atoms with E-state index < -0.39 is 27.1 Å². The van der Waals surface area contributed by atoms with Crippen LogP contribution in [-0.4, -0.2) is 25.5 Å². The zero-order valence-corrected chi connectivity index (χ0v) is 12.0. The molecule has 1 heterocycles. The average molecular weight is 327 g/mol. The number of rotatable bonds is 3. The van der Waals surface area contributed by atoms with Gasteiger partial charge < -0.3 is 5.32 Å². The van der Waals surface area contributed by atoms with Gasteiger partial charge in [0, 0.05) is 11.8 Å². The zero-order valence-electron chi connectivity index (χ0n) is 10.3. The minimum absolute atomic E-state index is 0.0151. The zero-order chi connectivity index (χ0) is 15.6. The molecule has 2 rings (SSSR count). The molecule has 0 atom stereocenters. The summed E-state index contributed by atoms with van der Waals surface area (Å²) in [4.78, 5) is 33.7. The normalized spacial score (nSPS) is 16.9. The van der Waals surface area contributed by atoms with Crippen LogP contribution in [0.2, 0.25) is 0 Å². The Morgan fingerprint density at radius 1 is 1.24 bits per heavy atom. The molecule has 3 amide bonds. The van der Waals surface area contributed by atoms with Gasteiger partial charge in [-0.2, -0.15) is 0 Å². The van der Waals surface area contributed by atoms with Gasteiger partial charge in [-0.3, -0.25) is 19.7 Å². The molecule has 1 saturated heterocycles. The van der Waals surface area contributed by atoms with Gasteiger partial charge in [-0.25, -0.2) is 13.6 Å². The molecule has 10 heteroatoms. The van der Waals surface area contributed by atoms with Crippen molar-refractivity contribution < 1.29 is 22.8 Å². The first-order chi connectivity index (χ1) is 9.75. The first-order valence-electron chi connectivity index (χ1n) is 5.44. The molecule has 0 spiro atoms. The molecule has 0 radical (unpaired) electrons. The summed E-state index contributed by atoms with van der Waals surface area (Å²) < 4.78 is 22.1. The van der Waals surface area contributed by atoms with Gasteiger partial charge in [0.2, 0.25) is 15.9 Å². The fourth-order valence-electron chi connectivity index (χ4n) is 1.45. The second-order valence-electron chi connectivity index (χ2n) is 3.91. The number of hydrogen-bond donors (Lipinski definition) is 3. The predicted molar refractivity (Wildman–Crippen MR) is 75.7 cm³/mol. The van der Waals surface area contributed by atoms with Crippen molar-refractivity contribution in [3.05, 3.63) is 35.2 Å². The summed E-state index contributed by atoms with van der Waals surface area (Å²) in [6.07, 6.45) is 0.985. The van der Waals surface area contributed by atoms with Crippen LogP contribution in [0.5, 0.6) is 0 Å². The molecule has 0 aliphatic carbocycles. The lowest BCUT2D eigenvalue weighted by atomic mass is 10.3. The molecule has 1 fully saturated rings. The number of carbonyl (C=O) groups excluding carboxylic acids is 3. The van der Waals surface area contributed by atoms with Crippen LogP contribution in [-0.2, 0) is 19.6 Å². The number of imide groups is 1. The fourth-order valence-corrected chi connectivity index (χ4v) is 2.61. The van der Waals surface area contributed by atoms with Gasteiger partial charge in [-0.05, 0) is 36.0 Å². The van der Waals surface area contributed by atoms with Crippen molar-refractivity contribution in [2.24, 2.45) is 5.14 Å². The maximum atomic E-state index is 11.7. The van der Waals surface area contributed by atoms with Crippen LogP contribution < -0.4 is 15.8 Å². The van der Waals surface area contributed by atoms with E-state index in [0.717, 1.165) is 6.08 Å². The van der Waals surface area contributed by atoms with E-state index in [-0.39, 0.29) is 9.80 Å². The summed E-state index contributed by atoms with van der Waals surface area (Å²) >= 11 is 0.623. The lowest BCUT2D eigenvalue weighted by Crippen LogP contribution is -2.18. The Morgan fingerprint density at radius 3 is 2.33 bits per heavy atom. The van der Waals surface area contributed by atoms with Crippen LogP contribution >= 0.6 is 11.8 Å². The number of primary sulfonamides is 1. The number of nitrogens with one attached hydrogen (secondary N) is 2. The Kier molecular flexibility index (Phi) is 4.11. The standard InChI is InChI=1S/C11H9N3O5S2/c12-21(18,19)7-3-1-6(2-4-7)13-9(15)5-8-10(16)14-11(17)20-8/h1-5H,(H,13,15)(H2,12,18,19)(H,14,16,17)/b8-5-. The highest BCUT2D eigenvalue weighted by molar-refractivity contribution is 8.18. The number of carbonyl (C=O) groups is 3. The van der Waals surface area contributed by atoms with Crippen molar-refractivity contribution >= 4 is 44.5 Å². The van der Waals surface area contributed by atoms with Gasteiger partial charge in [0.15, 0.2) is 0 Å². The van der Waals surface area contributed by atoms with Crippen molar-refractivity contribution in [2.45, 2.75) is 4.90 Å². The van der Waals surface area contributed by atoms with Crippen molar-refractivity contribution in [2.75, 3.05) is 5.32 Å². The molecule has 4 N–H and O–H groups in total. The summed E-state index contributed by atoms with van der Waals surface area (Å²) in [5.74, 6) is -1.25. The highest BCUT2D eigenvalue weighted by Gasteiger charge is 2.25. The molecule has 0 aromatic heterocycles. The number of amides is 3. The first kappa shape index (κ1) is 15.2. The second kappa shape index (κ2) is 5.68. The molecule has 1 aromatic carbocycles. The molecule has 0 unspecified atom stereocenters. The summed E-state index contributed by atoms with van der Waals surface area (Å²) in [6.45, 7) is 0. The van der Waals surface area contributed by atoms with E-state index in [0.29, 0.717) is 17.4 Å². The predicted octanol–water partition coefficient (Wildman–Crippen LogP) is 0.139. The Balaban J connectivity index is 2.08.